The molecule has 0 unspecified atom stereocenters. The fourth-order valence-electron chi connectivity index (χ4n) is 2.51. The number of hydrogen-bond donors (Lipinski definition) is 1. The largest absolute Gasteiger partial charge is 0.424 e. The first-order valence-corrected chi connectivity index (χ1v) is 7.49. The van der Waals surface area contributed by atoms with Crippen LogP contribution in [0.25, 0.3) is 6.08 Å². The van der Waals surface area contributed by atoms with Gasteiger partial charge in [-0.1, -0.05) is 23.8 Å². The van der Waals surface area contributed by atoms with Crippen molar-refractivity contribution in [2.75, 3.05) is 13.1 Å². The highest BCUT2D eigenvalue weighted by Crippen LogP contribution is 2.23. The molecule has 0 atom stereocenters. The number of amides is 2. The summed E-state index contributed by atoms with van der Waals surface area (Å²) in [6.45, 7) is 1.35. The third-order valence-electron chi connectivity index (χ3n) is 3.70. The highest BCUT2D eigenvalue weighted by molar-refractivity contribution is 5.72. The number of likely N-dealkylation sites (tertiary alicyclic amines) is 1. The maximum Gasteiger partial charge on any atom is 0.321 e. The Bertz CT molecular complexity index is 712. The molecule has 0 aliphatic carbocycles. The van der Waals surface area contributed by atoms with E-state index in [1.165, 1.54) is 5.57 Å². The van der Waals surface area contributed by atoms with Gasteiger partial charge in [0.25, 0.3) is 0 Å². The standard InChI is InChI=1S/C17H18N4O2.H2/c18-16(22)21-9-5-13(6-10-21)11-14-3-1-4-15(12-14)23-17-19-7-2-8-20-17;/h1-4,7-8,11-12H,5-6,9-10H2,(H2,18,22);1H. The first-order valence-electron chi connectivity index (χ1n) is 7.49. The third-order valence-corrected chi connectivity index (χ3v) is 3.70. The number of rotatable bonds is 3. The van der Waals surface area contributed by atoms with Crippen molar-refractivity contribution in [3.8, 4) is 11.8 Å². The number of carbonyl (C=O) groups excluding carboxylic acids is 1. The number of nitrogens with zero attached hydrogens (tertiary/aromatic N) is 3. The molecule has 23 heavy (non-hydrogen) atoms. The first-order chi connectivity index (χ1) is 11.2. The maximum atomic E-state index is 11.1. The van der Waals surface area contributed by atoms with Crippen LogP contribution in [-0.4, -0.2) is 34.0 Å². The number of ether oxygens (including phenoxy) is 1. The van der Waals surface area contributed by atoms with Gasteiger partial charge in [-0.3, -0.25) is 0 Å². The molecule has 1 aromatic carbocycles. The Kier molecular flexibility index (Phi) is 4.52. The number of piperidine rings is 1. The van der Waals surface area contributed by atoms with Crippen LogP contribution in [0.5, 0.6) is 11.8 Å². The van der Waals surface area contributed by atoms with Crippen LogP contribution in [0.4, 0.5) is 4.79 Å². The quantitative estimate of drug-likeness (QED) is 0.944. The topological polar surface area (TPSA) is 81.3 Å². The van der Waals surface area contributed by atoms with Crippen molar-refractivity contribution < 1.29 is 11.0 Å². The zero-order valence-corrected chi connectivity index (χ0v) is 12.7. The zero-order valence-electron chi connectivity index (χ0n) is 12.7. The van der Waals surface area contributed by atoms with Gasteiger partial charge in [0.2, 0.25) is 0 Å². The second-order valence-corrected chi connectivity index (χ2v) is 5.33. The van der Waals surface area contributed by atoms with Gasteiger partial charge >= 0.3 is 12.0 Å². The average Bonchev–Trinajstić information content (AvgIpc) is 2.57. The lowest BCUT2D eigenvalue weighted by molar-refractivity contribution is 0.203. The Morgan fingerprint density at radius 3 is 2.65 bits per heavy atom. The van der Waals surface area contributed by atoms with Crippen LogP contribution in [0, 0.1) is 0 Å². The zero-order chi connectivity index (χ0) is 16.1. The van der Waals surface area contributed by atoms with Crippen molar-refractivity contribution in [2.24, 2.45) is 5.73 Å². The van der Waals surface area contributed by atoms with Crippen LogP contribution >= 0.6 is 0 Å². The molecule has 2 heterocycles. The van der Waals surface area contributed by atoms with Gasteiger partial charge in [-0.05, 0) is 36.6 Å². The van der Waals surface area contributed by atoms with E-state index in [-0.39, 0.29) is 7.46 Å². The first kappa shape index (κ1) is 15.0. The lowest BCUT2D eigenvalue weighted by atomic mass is 10.0. The minimum Gasteiger partial charge on any atom is -0.424 e. The molecule has 0 spiro atoms. The lowest BCUT2D eigenvalue weighted by Crippen LogP contribution is -2.39. The van der Waals surface area contributed by atoms with Crippen molar-refractivity contribution in [3.63, 3.8) is 0 Å². The second-order valence-electron chi connectivity index (χ2n) is 5.33. The van der Waals surface area contributed by atoms with E-state index in [2.05, 4.69) is 16.0 Å². The number of carbonyl (C=O) groups is 1. The Balaban J connectivity index is 0.00000208. The van der Waals surface area contributed by atoms with Gasteiger partial charge in [-0.15, -0.1) is 0 Å². The van der Waals surface area contributed by atoms with Crippen molar-refractivity contribution >= 4 is 12.1 Å². The Morgan fingerprint density at radius 1 is 1.22 bits per heavy atom. The highest BCUT2D eigenvalue weighted by Gasteiger charge is 2.16. The normalized spacial score (nSPS) is 14.4. The monoisotopic (exact) mass is 312 g/mol. The molecule has 6 nitrogen and oxygen atoms in total. The number of aromatic nitrogens is 2. The fourth-order valence-corrected chi connectivity index (χ4v) is 2.51. The summed E-state index contributed by atoms with van der Waals surface area (Å²) in [5.74, 6) is 0.695. The number of benzene rings is 1. The molecule has 1 aliphatic rings. The summed E-state index contributed by atoms with van der Waals surface area (Å²) < 4.78 is 5.64. The SMILES string of the molecule is NC(=O)N1CCC(=Cc2cccc(Oc3ncccn3)c2)CC1.[HH]. The molecule has 1 saturated heterocycles. The molecular weight excluding hydrogens is 292 g/mol. The van der Waals surface area contributed by atoms with Crippen molar-refractivity contribution in [1.29, 1.82) is 0 Å². The molecule has 0 radical (unpaired) electrons. The van der Waals surface area contributed by atoms with Gasteiger partial charge in [0.05, 0.1) is 0 Å². The lowest BCUT2D eigenvalue weighted by Gasteiger charge is -2.26. The van der Waals surface area contributed by atoms with Gasteiger partial charge in [0, 0.05) is 26.9 Å². The minimum absolute atomic E-state index is 0. The van der Waals surface area contributed by atoms with E-state index in [4.69, 9.17) is 10.5 Å². The van der Waals surface area contributed by atoms with E-state index in [0.717, 1.165) is 18.4 Å². The Hall–Kier alpha value is -2.89. The maximum absolute atomic E-state index is 11.1. The van der Waals surface area contributed by atoms with Crippen LogP contribution < -0.4 is 10.5 Å². The van der Waals surface area contributed by atoms with Crippen LogP contribution in [-0.2, 0) is 0 Å². The van der Waals surface area contributed by atoms with E-state index in [1.54, 1.807) is 23.4 Å². The predicted octanol–water partition coefficient (Wildman–Crippen LogP) is 3.07. The van der Waals surface area contributed by atoms with Gasteiger partial charge in [0.1, 0.15) is 5.75 Å². The van der Waals surface area contributed by atoms with Crippen molar-refractivity contribution in [2.45, 2.75) is 12.8 Å². The molecular formula is C17H20N4O2. The predicted molar refractivity (Wildman–Crippen MR) is 89.0 cm³/mol. The average molecular weight is 312 g/mol. The Morgan fingerprint density at radius 2 is 1.96 bits per heavy atom. The molecule has 120 valence electrons. The van der Waals surface area contributed by atoms with Crippen LogP contribution in [0.3, 0.4) is 0 Å². The van der Waals surface area contributed by atoms with E-state index in [0.29, 0.717) is 24.8 Å². The van der Waals surface area contributed by atoms with E-state index in [1.807, 2.05) is 24.3 Å². The summed E-state index contributed by atoms with van der Waals surface area (Å²) in [6.07, 6.45) is 7.10. The number of primary amides is 1. The smallest absolute Gasteiger partial charge is 0.321 e. The number of hydrogen-bond acceptors (Lipinski definition) is 4. The molecule has 1 aliphatic heterocycles. The van der Waals surface area contributed by atoms with Crippen LogP contribution in [0.2, 0.25) is 0 Å². The highest BCUT2D eigenvalue weighted by atomic mass is 16.5. The molecule has 1 aromatic heterocycles. The molecule has 2 amide bonds. The van der Waals surface area contributed by atoms with Crippen LogP contribution in [0.1, 0.15) is 19.8 Å². The molecule has 3 rings (SSSR count). The summed E-state index contributed by atoms with van der Waals surface area (Å²) >= 11 is 0. The molecule has 2 aromatic rings. The number of nitrogens with two attached hydrogens (primary N) is 1. The van der Waals surface area contributed by atoms with E-state index < -0.39 is 0 Å². The van der Waals surface area contributed by atoms with Crippen LogP contribution in [0.15, 0.2) is 48.3 Å². The summed E-state index contributed by atoms with van der Waals surface area (Å²) in [5.41, 5.74) is 7.66. The van der Waals surface area contributed by atoms with Gasteiger partial charge < -0.3 is 15.4 Å². The minimum atomic E-state index is -0.345. The van der Waals surface area contributed by atoms with Gasteiger partial charge in [0.15, 0.2) is 0 Å². The summed E-state index contributed by atoms with van der Waals surface area (Å²) in [7, 11) is 0. The van der Waals surface area contributed by atoms with E-state index >= 15 is 0 Å². The molecule has 2 N–H and O–H groups in total. The molecule has 1 fully saturated rings. The molecule has 0 bridgehead atoms. The fraction of sp³-hybridized carbons (Fsp3) is 0.235. The number of urea groups is 1. The van der Waals surface area contributed by atoms with Gasteiger partial charge in [-0.2, -0.15) is 0 Å². The Labute approximate surface area is 136 Å². The second kappa shape index (κ2) is 6.91. The van der Waals surface area contributed by atoms with E-state index in [9.17, 15) is 4.79 Å². The summed E-state index contributed by atoms with van der Waals surface area (Å²) in [4.78, 5) is 20.9. The van der Waals surface area contributed by atoms with Crippen molar-refractivity contribution in [1.82, 2.24) is 14.9 Å². The summed E-state index contributed by atoms with van der Waals surface area (Å²) in [5, 5.41) is 0. The summed E-state index contributed by atoms with van der Waals surface area (Å²) in [6, 6.07) is 9.49. The molecule has 6 heteroatoms. The molecule has 0 saturated carbocycles. The van der Waals surface area contributed by atoms with Crippen molar-refractivity contribution in [3.05, 3.63) is 53.9 Å². The van der Waals surface area contributed by atoms with Gasteiger partial charge in [-0.25, -0.2) is 14.8 Å². The third kappa shape index (κ3) is 4.06.